The van der Waals surface area contributed by atoms with Gasteiger partial charge < -0.3 is 9.69 Å². The van der Waals surface area contributed by atoms with Crippen LogP contribution in [0.2, 0.25) is 0 Å². The van der Waals surface area contributed by atoms with Gasteiger partial charge in [0.1, 0.15) is 6.29 Å². The number of hydrogen-bond donors (Lipinski definition) is 0. The molecule has 4 heteroatoms. The second-order valence-corrected chi connectivity index (χ2v) is 7.31. The highest BCUT2D eigenvalue weighted by molar-refractivity contribution is 14.0. The summed E-state index contributed by atoms with van der Waals surface area (Å²) in [7, 11) is 0. The molecule has 0 bridgehead atoms. The minimum Gasteiger partial charge on any atom is -0.344 e. The van der Waals surface area contributed by atoms with Crippen molar-refractivity contribution in [3.05, 3.63) is 84.2 Å². The molecule has 2 atom stereocenters. The maximum atomic E-state index is 11.1. The van der Waals surface area contributed by atoms with E-state index < -0.39 is 0 Å². The fourth-order valence-corrected chi connectivity index (χ4v) is 3.35. The van der Waals surface area contributed by atoms with Crippen molar-refractivity contribution in [2.75, 3.05) is 4.90 Å². The predicted octanol–water partition coefficient (Wildman–Crippen LogP) is 6.08. The van der Waals surface area contributed by atoms with Gasteiger partial charge in [0.25, 0.3) is 0 Å². The van der Waals surface area contributed by atoms with Gasteiger partial charge in [-0.1, -0.05) is 42.5 Å². The predicted molar refractivity (Wildman–Crippen MR) is 128 cm³/mol. The average molecular weight is 486 g/mol. The molecule has 1 aromatic heterocycles. The molecule has 2 heterocycles. The van der Waals surface area contributed by atoms with Crippen molar-refractivity contribution in [2.24, 2.45) is 5.41 Å². The maximum Gasteiger partial charge on any atom is 0.131 e. The Morgan fingerprint density at radius 1 is 1.00 bits per heavy atom. The molecule has 0 spiro atoms. The highest BCUT2D eigenvalue weighted by atomic mass is 127. The molecule has 2 aromatic carbocycles. The molecular weight excluding hydrogens is 459 g/mol. The number of hydrogen-bond acceptors (Lipinski definition) is 3. The van der Waals surface area contributed by atoms with Crippen molar-refractivity contribution >= 4 is 46.9 Å². The average Bonchev–Trinajstić information content (AvgIpc) is 2.99. The van der Waals surface area contributed by atoms with Crippen LogP contribution < -0.4 is 4.90 Å². The van der Waals surface area contributed by atoms with Crippen LogP contribution in [-0.4, -0.2) is 17.3 Å². The number of rotatable bonds is 2. The summed E-state index contributed by atoms with van der Waals surface area (Å²) < 4.78 is 0. The highest BCUT2D eigenvalue weighted by Crippen LogP contribution is 2.36. The van der Waals surface area contributed by atoms with Gasteiger partial charge in [0, 0.05) is 29.5 Å². The Morgan fingerprint density at radius 2 is 1.71 bits per heavy atom. The third kappa shape index (κ3) is 4.43. The molecule has 1 aliphatic heterocycles. The first-order valence-electron chi connectivity index (χ1n) is 9.26. The SMILES string of the molecule is Cc1cccc2ncccc12.Cc1ccccc1N1C=CC(C)(C=O)C1C.I. The van der Waals surface area contributed by atoms with Crippen molar-refractivity contribution in [3.63, 3.8) is 0 Å². The molecule has 0 radical (unpaired) electrons. The zero-order valence-electron chi connectivity index (χ0n) is 16.8. The van der Waals surface area contributed by atoms with Crippen LogP contribution in [0.4, 0.5) is 5.69 Å². The van der Waals surface area contributed by atoms with Gasteiger partial charge in [0.05, 0.1) is 10.9 Å². The Bertz CT molecular complexity index is 980. The van der Waals surface area contributed by atoms with Gasteiger partial charge in [-0.05, 0) is 57.0 Å². The Kier molecular flexibility index (Phi) is 7.35. The molecule has 3 aromatic rings. The van der Waals surface area contributed by atoms with Gasteiger partial charge in [-0.2, -0.15) is 0 Å². The number of benzene rings is 2. The number of carbonyl (C=O) groups excluding carboxylic acids is 1. The van der Waals surface area contributed by atoms with E-state index in [0.717, 1.165) is 11.8 Å². The van der Waals surface area contributed by atoms with Crippen LogP contribution in [0.5, 0.6) is 0 Å². The van der Waals surface area contributed by atoms with E-state index in [9.17, 15) is 4.79 Å². The third-order valence-corrected chi connectivity index (χ3v) is 5.42. The fourth-order valence-electron chi connectivity index (χ4n) is 3.35. The van der Waals surface area contributed by atoms with E-state index in [0.29, 0.717) is 0 Å². The van der Waals surface area contributed by atoms with Crippen molar-refractivity contribution in [2.45, 2.75) is 33.7 Å². The van der Waals surface area contributed by atoms with Crippen molar-refractivity contribution in [3.8, 4) is 0 Å². The van der Waals surface area contributed by atoms with Crippen LogP contribution in [0.25, 0.3) is 10.9 Å². The Hall–Kier alpha value is -2.21. The molecule has 1 aliphatic rings. The van der Waals surface area contributed by atoms with E-state index in [1.807, 2.05) is 55.7 Å². The lowest BCUT2D eigenvalue weighted by Gasteiger charge is -2.30. The Morgan fingerprint density at radius 3 is 2.36 bits per heavy atom. The second-order valence-electron chi connectivity index (χ2n) is 7.31. The standard InChI is InChI=1S/C14H17NO.C10H9N.HI/c1-11-6-4-5-7-13(11)15-9-8-14(3,10-16)12(15)2;1-8-4-2-6-10-9(8)5-3-7-11-10;/h4-10,12H,1-3H3;2-7H,1H3;1H. The molecule has 0 saturated heterocycles. The Balaban J connectivity index is 0.000000205. The molecular formula is C24H27IN2O. The van der Waals surface area contributed by atoms with Crippen LogP contribution in [0.1, 0.15) is 25.0 Å². The van der Waals surface area contributed by atoms with E-state index in [-0.39, 0.29) is 35.4 Å². The van der Waals surface area contributed by atoms with Gasteiger partial charge in [-0.15, -0.1) is 24.0 Å². The molecule has 0 aliphatic carbocycles. The number of nitrogens with zero attached hydrogens (tertiary/aromatic N) is 2. The molecule has 0 N–H and O–H groups in total. The maximum absolute atomic E-state index is 11.1. The lowest BCUT2D eigenvalue weighted by molar-refractivity contribution is -0.113. The monoisotopic (exact) mass is 486 g/mol. The van der Waals surface area contributed by atoms with Crippen molar-refractivity contribution in [1.82, 2.24) is 4.98 Å². The molecule has 0 fully saturated rings. The summed E-state index contributed by atoms with van der Waals surface area (Å²) in [6.07, 6.45) is 6.85. The molecule has 3 nitrogen and oxygen atoms in total. The van der Waals surface area contributed by atoms with Crippen molar-refractivity contribution in [1.29, 1.82) is 0 Å². The first-order valence-corrected chi connectivity index (χ1v) is 9.26. The van der Waals surface area contributed by atoms with Gasteiger partial charge >= 0.3 is 0 Å². The molecule has 2 unspecified atom stereocenters. The first-order chi connectivity index (χ1) is 13.0. The largest absolute Gasteiger partial charge is 0.344 e. The van der Waals surface area contributed by atoms with E-state index >= 15 is 0 Å². The van der Waals surface area contributed by atoms with Crippen LogP contribution >= 0.6 is 24.0 Å². The summed E-state index contributed by atoms with van der Waals surface area (Å²) in [6, 6.07) is 18.6. The van der Waals surface area contributed by atoms with Crippen LogP contribution in [-0.2, 0) is 4.79 Å². The van der Waals surface area contributed by atoms with Crippen LogP contribution in [0, 0.1) is 19.3 Å². The summed E-state index contributed by atoms with van der Waals surface area (Å²) in [5.41, 5.74) is 4.40. The summed E-state index contributed by atoms with van der Waals surface area (Å²) in [5.74, 6) is 0. The number of pyridine rings is 1. The molecule has 28 heavy (non-hydrogen) atoms. The summed E-state index contributed by atoms with van der Waals surface area (Å²) in [4.78, 5) is 17.5. The fraction of sp³-hybridized carbons (Fsp3) is 0.250. The number of carbonyl (C=O) groups is 1. The number of anilines is 1. The number of para-hydroxylation sites is 1. The van der Waals surface area contributed by atoms with Crippen LogP contribution in [0.15, 0.2) is 73.1 Å². The first kappa shape index (κ1) is 22.1. The smallest absolute Gasteiger partial charge is 0.131 e. The van der Waals surface area contributed by atoms with E-state index in [4.69, 9.17) is 0 Å². The molecule has 146 valence electrons. The van der Waals surface area contributed by atoms with Crippen molar-refractivity contribution < 1.29 is 4.79 Å². The van der Waals surface area contributed by atoms with Gasteiger partial charge in [-0.25, -0.2) is 0 Å². The highest BCUT2D eigenvalue weighted by Gasteiger charge is 2.37. The summed E-state index contributed by atoms with van der Waals surface area (Å²) in [5, 5.41) is 1.25. The van der Waals surface area contributed by atoms with Gasteiger partial charge in [0.15, 0.2) is 0 Å². The summed E-state index contributed by atoms with van der Waals surface area (Å²) in [6.45, 7) is 8.25. The molecule has 0 amide bonds. The van der Waals surface area contributed by atoms with Crippen LogP contribution in [0.3, 0.4) is 0 Å². The molecule has 0 saturated carbocycles. The number of aryl methyl sites for hydroxylation is 2. The topological polar surface area (TPSA) is 33.2 Å². The van der Waals surface area contributed by atoms with E-state index in [1.165, 1.54) is 22.2 Å². The van der Waals surface area contributed by atoms with E-state index in [2.05, 4.69) is 54.9 Å². The molecule has 4 rings (SSSR count). The third-order valence-electron chi connectivity index (χ3n) is 5.42. The Labute approximate surface area is 184 Å². The number of aldehydes is 1. The van der Waals surface area contributed by atoms with Gasteiger partial charge in [0.2, 0.25) is 0 Å². The number of aromatic nitrogens is 1. The zero-order valence-corrected chi connectivity index (χ0v) is 19.1. The number of halogens is 1. The lowest BCUT2D eigenvalue weighted by Crippen LogP contribution is -2.37. The minimum atomic E-state index is -0.373. The normalized spacial score (nSPS) is 20.3. The minimum absolute atomic E-state index is 0. The van der Waals surface area contributed by atoms with E-state index in [1.54, 1.807) is 0 Å². The summed E-state index contributed by atoms with van der Waals surface area (Å²) >= 11 is 0. The lowest BCUT2D eigenvalue weighted by atomic mass is 9.86. The number of fused-ring (bicyclic) bond motifs is 1. The second kappa shape index (κ2) is 9.32. The zero-order chi connectivity index (χ0) is 19.4. The van der Waals surface area contributed by atoms with Gasteiger partial charge in [-0.3, -0.25) is 4.98 Å². The quantitative estimate of drug-likeness (QED) is 0.325.